The van der Waals surface area contributed by atoms with Gasteiger partial charge in [-0.15, -0.1) is 0 Å². The van der Waals surface area contributed by atoms with Crippen LogP contribution in [0.25, 0.3) is 0 Å². The zero-order valence-corrected chi connectivity index (χ0v) is 27.8. The number of hydrogen-bond acceptors (Lipinski definition) is 5. The van der Waals surface area contributed by atoms with Crippen molar-refractivity contribution >= 4 is 23.4 Å². The molecule has 1 unspecified atom stereocenters. The van der Waals surface area contributed by atoms with Crippen molar-refractivity contribution in [3.05, 3.63) is 112 Å². The van der Waals surface area contributed by atoms with Gasteiger partial charge in [-0.3, -0.25) is 19.1 Å². The van der Waals surface area contributed by atoms with Crippen molar-refractivity contribution in [2.45, 2.75) is 57.4 Å². The summed E-state index contributed by atoms with van der Waals surface area (Å²) in [4.78, 5) is 43.5. The monoisotopic (exact) mass is 715 g/mol. The number of likely N-dealkylation sites (N-methyl/N-ethyl adjacent to an activating group) is 1. The first kappa shape index (κ1) is 36.9. The quantitative estimate of drug-likeness (QED) is 0.192. The Labute approximate surface area is 289 Å². The van der Waals surface area contributed by atoms with Gasteiger partial charge in [-0.1, -0.05) is 12.1 Å². The number of benzene rings is 3. The second-order valence-electron chi connectivity index (χ2n) is 12.2. The van der Waals surface area contributed by atoms with Crippen LogP contribution in [-0.2, 0) is 52.9 Å². The van der Waals surface area contributed by atoms with Crippen molar-refractivity contribution in [3.63, 3.8) is 0 Å². The van der Waals surface area contributed by atoms with Crippen LogP contribution in [0.5, 0.6) is 5.75 Å². The number of halogens is 6. The minimum absolute atomic E-state index is 0.0421. The van der Waals surface area contributed by atoms with Crippen LogP contribution in [0, 0.1) is 17.5 Å². The molecular weight excluding hydrogens is 680 g/mol. The summed E-state index contributed by atoms with van der Waals surface area (Å²) in [5, 5.41) is 6.32. The number of methoxy groups -OCH3 is 1. The molecule has 0 spiro atoms. The van der Waals surface area contributed by atoms with Gasteiger partial charge in [0.1, 0.15) is 35.8 Å². The number of aromatic nitrogens is 2. The molecule has 1 heterocycles. The molecule has 3 amide bonds. The SMILES string of the molecule is COc1ccc(N(C)C(=O)C(Cc2cc(F)cc(F)c2)NC(=O)CN(Cc2ccc(F)cc2)C(=O)Cn2nc(C(F)(F)F)c3c2CCCC3)cc1. The summed E-state index contributed by atoms with van der Waals surface area (Å²) >= 11 is 0. The lowest BCUT2D eigenvalue weighted by Gasteiger charge is -2.27. The third-order valence-corrected chi connectivity index (χ3v) is 8.57. The van der Waals surface area contributed by atoms with Crippen molar-refractivity contribution in [1.82, 2.24) is 20.0 Å². The standard InChI is InChI=1S/C36H35F6N5O4/c1-45(27-11-13-28(51-2)14-12-27)35(50)30(17-23-15-25(38)18-26(39)16-23)43-32(48)20-46(19-22-7-9-24(37)10-8-22)33(49)21-47-31-6-4-3-5-29(31)34(44-47)36(40,41)42/h7-16,18,30H,3-6,17,19-21H2,1-2H3,(H,43,48). The number of carbonyl (C=O) groups excluding carboxylic acids is 3. The Kier molecular flexibility index (Phi) is 11.4. The normalized spacial score (nSPS) is 13.3. The van der Waals surface area contributed by atoms with E-state index in [2.05, 4.69) is 10.4 Å². The Morgan fingerprint density at radius 3 is 2.18 bits per heavy atom. The Hall–Kier alpha value is -5.34. The summed E-state index contributed by atoms with van der Waals surface area (Å²) in [5.41, 5.74) is 0.182. The number of nitrogens with one attached hydrogen (secondary N) is 1. The molecule has 3 aromatic carbocycles. The topological polar surface area (TPSA) is 96.8 Å². The predicted octanol–water partition coefficient (Wildman–Crippen LogP) is 5.63. The molecule has 9 nitrogen and oxygen atoms in total. The molecule has 15 heteroatoms. The molecule has 51 heavy (non-hydrogen) atoms. The third-order valence-electron chi connectivity index (χ3n) is 8.57. The minimum atomic E-state index is -4.73. The van der Waals surface area contributed by atoms with Crippen LogP contribution in [-0.4, -0.2) is 59.1 Å². The maximum absolute atomic E-state index is 14.1. The first-order valence-electron chi connectivity index (χ1n) is 16.1. The summed E-state index contributed by atoms with van der Waals surface area (Å²) in [6.45, 7) is -1.51. The molecule has 0 fully saturated rings. The second-order valence-corrected chi connectivity index (χ2v) is 12.2. The number of rotatable bonds is 12. The van der Waals surface area contributed by atoms with Gasteiger partial charge in [0.25, 0.3) is 0 Å². The zero-order chi connectivity index (χ0) is 36.9. The summed E-state index contributed by atoms with van der Waals surface area (Å²) in [6, 6.07) is 12.8. The average Bonchev–Trinajstić information content (AvgIpc) is 3.46. The van der Waals surface area contributed by atoms with E-state index in [0.717, 1.165) is 33.8 Å². The van der Waals surface area contributed by atoms with E-state index in [1.807, 2.05) is 0 Å². The molecule has 0 saturated heterocycles. The number of hydrogen-bond donors (Lipinski definition) is 1. The second kappa shape index (κ2) is 15.7. The number of amides is 3. The van der Waals surface area contributed by atoms with E-state index in [1.165, 1.54) is 31.2 Å². The molecule has 0 bridgehead atoms. The Balaban J connectivity index is 1.41. The first-order chi connectivity index (χ1) is 24.2. The highest BCUT2D eigenvalue weighted by atomic mass is 19.4. The number of fused-ring (bicyclic) bond motifs is 1. The van der Waals surface area contributed by atoms with E-state index in [0.29, 0.717) is 41.6 Å². The van der Waals surface area contributed by atoms with E-state index < -0.39 is 66.2 Å². The van der Waals surface area contributed by atoms with Crippen molar-refractivity contribution in [1.29, 1.82) is 0 Å². The van der Waals surface area contributed by atoms with Crippen LogP contribution in [0.2, 0.25) is 0 Å². The molecule has 1 N–H and O–H groups in total. The van der Waals surface area contributed by atoms with Crippen LogP contribution < -0.4 is 15.0 Å². The zero-order valence-electron chi connectivity index (χ0n) is 27.8. The van der Waals surface area contributed by atoms with Crippen LogP contribution in [0.3, 0.4) is 0 Å². The molecule has 0 radical (unpaired) electrons. The molecule has 270 valence electrons. The van der Waals surface area contributed by atoms with E-state index in [-0.39, 0.29) is 36.9 Å². The summed E-state index contributed by atoms with van der Waals surface area (Å²) < 4.78 is 89.6. The summed E-state index contributed by atoms with van der Waals surface area (Å²) in [6.07, 6.45) is -3.45. The highest BCUT2D eigenvalue weighted by Gasteiger charge is 2.40. The highest BCUT2D eigenvalue weighted by Crippen LogP contribution is 2.36. The number of anilines is 1. The molecule has 1 aliphatic carbocycles. The predicted molar refractivity (Wildman–Crippen MR) is 174 cm³/mol. The highest BCUT2D eigenvalue weighted by molar-refractivity contribution is 5.99. The minimum Gasteiger partial charge on any atom is -0.497 e. The average molecular weight is 716 g/mol. The fourth-order valence-electron chi connectivity index (χ4n) is 6.04. The summed E-state index contributed by atoms with van der Waals surface area (Å²) in [5.74, 6) is -4.07. The van der Waals surface area contributed by atoms with Crippen LogP contribution in [0.4, 0.5) is 32.0 Å². The smallest absolute Gasteiger partial charge is 0.435 e. The maximum atomic E-state index is 14.1. The van der Waals surface area contributed by atoms with Crippen LogP contribution in [0.15, 0.2) is 66.7 Å². The van der Waals surface area contributed by atoms with Gasteiger partial charge in [-0.2, -0.15) is 18.3 Å². The number of nitrogens with zero attached hydrogens (tertiary/aromatic N) is 4. The first-order valence-corrected chi connectivity index (χ1v) is 16.1. The summed E-state index contributed by atoms with van der Waals surface area (Å²) in [7, 11) is 2.92. The van der Waals surface area contributed by atoms with Crippen molar-refractivity contribution in [2.75, 3.05) is 25.6 Å². The van der Waals surface area contributed by atoms with Gasteiger partial charge in [-0.25, -0.2) is 13.2 Å². The molecule has 1 aliphatic rings. The number of carbonyl (C=O) groups is 3. The van der Waals surface area contributed by atoms with Gasteiger partial charge in [0.05, 0.1) is 13.7 Å². The molecule has 0 aliphatic heterocycles. The molecular formula is C36H35F6N5O4. The largest absolute Gasteiger partial charge is 0.497 e. The van der Waals surface area contributed by atoms with Crippen LogP contribution >= 0.6 is 0 Å². The van der Waals surface area contributed by atoms with Gasteiger partial charge >= 0.3 is 6.18 Å². The van der Waals surface area contributed by atoms with E-state index in [9.17, 15) is 40.7 Å². The van der Waals surface area contributed by atoms with E-state index >= 15 is 0 Å². The maximum Gasteiger partial charge on any atom is 0.435 e. The number of ether oxygens (including phenoxy) is 1. The van der Waals surface area contributed by atoms with E-state index in [4.69, 9.17) is 4.74 Å². The lowest BCUT2D eigenvalue weighted by Crippen LogP contribution is -2.51. The Morgan fingerprint density at radius 2 is 1.55 bits per heavy atom. The fraction of sp³-hybridized carbons (Fsp3) is 0.333. The molecule has 4 aromatic rings. The van der Waals surface area contributed by atoms with Crippen LogP contribution in [0.1, 0.15) is 40.9 Å². The van der Waals surface area contributed by atoms with Crippen molar-refractivity contribution < 1.29 is 45.5 Å². The van der Waals surface area contributed by atoms with Gasteiger partial charge in [0.2, 0.25) is 17.7 Å². The number of alkyl halides is 3. The van der Waals surface area contributed by atoms with Gasteiger partial charge < -0.3 is 19.9 Å². The van der Waals surface area contributed by atoms with E-state index in [1.54, 1.807) is 24.3 Å². The van der Waals surface area contributed by atoms with Gasteiger partial charge in [0, 0.05) is 43.0 Å². The third kappa shape index (κ3) is 9.27. The van der Waals surface area contributed by atoms with Crippen molar-refractivity contribution in [3.8, 4) is 5.75 Å². The lowest BCUT2D eigenvalue weighted by molar-refractivity contribution is -0.143. The fourth-order valence-corrected chi connectivity index (χ4v) is 6.04. The molecule has 1 atom stereocenters. The lowest BCUT2D eigenvalue weighted by atomic mass is 9.95. The van der Waals surface area contributed by atoms with Crippen molar-refractivity contribution in [2.24, 2.45) is 0 Å². The van der Waals surface area contributed by atoms with Gasteiger partial charge in [-0.05, 0) is 85.3 Å². The van der Waals surface area contributed by atoms with Gasteiger partial charge in [0.15, 0.2) is 5.69 Å². The Bertz CT molecular complexity index is 1860. The molecule has 1 aromatic heterocycles. The Morgan fingerprint density at radius 1 is 0.902 bits per heavy atom. The molecule has 5 rings (SSSR count). The molecule has 0 saturated carbocycles.